The predicted molar refractivity (Wildman–Crippen MR) is 119 cm³/mol. The average molecular weight is 460 g/mol. The van der Waals surface area contributed by atoms with Crippen molar-refractivity contribution < 1.29 is 33.7 Å². The second-order valence-electron chi connectivity index (χ2n) is 9.83. The molecule has 0 spiro atoms. The molecule has 3 aliphatic heterocycles. The Morgan fingerprint density at radius 1 is 1.21 bits per heavy atom. The number of nitrogens with zero attached hydrogens (tertiary/aromatic N) is 1. The van der Waals surface area contributed by atoms with Crippen LogP contribution < -0.4 is 4.74 Å². The molecule has 8 heteroatoms. The van der Waals surface area contributed by atoms with Gasteiger partial charge in [0, 0.05) is 37.4 Å². The van der Waals surface area contributed by atoms with Crippen molar-refractivity contribution in [3.63, 3.8) is 0 Å². The number of aliphatic carboxylic acids is 1. The van der Waals surface area contributed by atoms with Crippen molar-refractivity contribution in [3.05, 3.63) is 29.8 Å². The fraction of sp³-hybridized carbons (Fsp3) is 0.640. The van der Waals surface area contributed by atoms with E-state index in [1.54, 1.807) is 11.8 Å². The van der Waals surface area contributed by atoms with Crippen LogP contribution in [0.2, 0.25) is 0 Å². The molecule has 0 aromatic heterocycles. The summed E-state index contributed by atoms with van der Waals surface area (Å²) < 4.78 is 18.5. The molecule has 0 saturated carbocycles. The molecule has 1 aromatic carbocycles. The van der Waals surface area contributed by atoms with Crippen LogP contribution in [0.15, 0.2) is 24.3 Å². The maximum atomic E-state index is 13.4. The number of benzene rings is 1. The summed E-state index contributed by atoms with van der Waals surface area (Å²) in [6.07, 6.45) is 0.809. The summed E-state index contributed by atoms with van der Waals surface area (Å²) in [4.78, 5) is 38.8. The normalized spacial score (nSPS) is 29.7. The third kappa shape index (κ3) is 4.33. The third-order valence-corrected chi connectivity index (χ3v) is 7.32. The number of amides is 1. The van der Waals surface area contributed by atoms with Gasteiger partial charge in [0.1, 0.15) is 16.8 Å². The number of fused-ring (bicyclic) bond motifs is 4. The summed E-state index contributed by atoms with van der Waals surface area (Å²) in [5, 5.41) is 8.88. The van der Waals surface area contributed by atoms with Crippen LogP contribution in [0.5, 0.6) is 5.75 Å². The van der Waals surface area contributed by atoms with Crippen LogP contribution >= 0.6 is 0 Å². The van der Waals surface area contributed by atoms with Gasteiger partial charge in [-0.25, -0.2) is 0 Å². The molecule has 0 aliphatic carbocycles. The molecular weight excluding hydrogens is 426 g/mol. The topological polar surface area (TPSA) is 102 Å². The number of carboxylic acids is 1. The van der Waals surface area contributed by atoms with Crippen molar-refractivity contribution in [2.75, 3.05) is 19.7 Å². The molecule has 3 heterocycles. The lowest BCUT2D eigenvalue weighted by Gasteiger charge is -2.57. The Kier molecular flexibility index (Phi) is 6.40. The third-order valence-electron chi connectivity index (χ3n) is 7.32. The van der Waals surface area contributed by atoms with Crippen LogP contribution in [0.1, 0.15) is 64.5 Å². The Morgan fingerprint density at radius 2 is 1.97 bits per heavy atom. The molecule has 2 fully saturated rings. The van der Waals surface area contributed by atoms with E-state index in [9.17, 15) is 14.4 Å². The average Bonchev–Trinajstić information content (AvgIpc) is 2.77. The van der Waals surface area contributed by atoms with Crippen molar-refractivity contribution in [1.29, 1.82) is 0 Å². The Bertz CT molecular complexity index is 929. The van der Waals surface area contributed by atoms with Crippen LogP contribution in [0.4, 0.5) is 0 Å². The van der Waals surface area contributed by atoms with E-state index in [4.69, 9.17) is 19.3 Å². The Hall–Kier alpha value is -2.61. The second kappa shape index (κ2) is 8.97. The number of piperidine rings is 1. The number of carboxylic acid groups (broad SMARTS) is 1. The van der Waals surface area contributed by atoms with Gasteiger partial charge in [0.15, 0.2) is 0 Å². The predicted octanol–water partition coefficient (Wildman–Crippen LogP) is 3.34. The van der Waals surface area contributed by atoms with Crippen molar-refractivity contribution in [2.45, 2.75) is 70.7 Å². The van der Waals surface area contributed by atoms with E-state index in [0.29, 0.717) is 19.4 Å². The van der Waals surface area contributed by atoms with Crippen LogP contribution in [0, 0.1) is 11.3 Å². The maximum Gasteiger partial charge on any atom is 0.316 e. The number of para-hydroxylation sites is 1. The minimum atomic E-state index is -0.981. The monoisotopic (exact) mass is 459 g/mol. The molecule has 2 saturated heterocycles. The van der Waals surface area contributed by atoms with Crippen LogP contribution in [-0.4, -0.2) is 59.3 Å². The van der Waals surface area contributed by atoms with Crippen LogP contribution in [-0.2, 0) is 23.9 Å². The molecule has 0 radical (unpaired) electrons. The SMILES string of the molecule is CCOC(=O)[C@@]12C[C@@H]3[C@@H](O[C@@H]1CCN(C(=O)CCCC(=O)O)C2)c1ccccc1OC3(C)C. The largest absolute Gasteiger partial charge is 0.487 e. The van der Waals surface area contributed by atoms with Crippen LogP contribution in [0.3, 0.4) is 0 Å². The second-order valence-corrected chi connectivity index (χ2v) is 9.83. The Morgan fingerprint density at radius 3 is 2.70 bits per heavy atom. The van der Waals surface area contributed by atoms with Crippen molar-refractivity contribution >= 4 is 17.8 Å². The molecule has 1 amide bonds. The summed E-state index contributed by atoms with van der Waals surface area (Å²) in [5.74, 6) is -0.694. The van der Waals surface area contributed by atoms with Crippen molar-refractivity contribution in [1.82, 2.24) is 4.90 Å². The first-order chi connectivity index (χ1) is 15.7. The fourth-order valence-electron chi connectivity index (χ4n) is 5.62. The number of rotatable bonds is 6. The van der Waals surface area contributed by atoms with Gasteiger partial charge in [-0.2, -0.15) is 0 Å². The van der Waals surface area contributed by atoms with Gasteiger partial charge in [-0.1, -0.05) is 18.2 Å². The van der Waals surface area contributed by atoms with Gasteiger partial charge < -0.3 is 24.2 Å². The first-order valence-corrected chi connectivity index (χ1v) is 11.8. The van der Waals surface area contributed by atoms with E-state index in [1.165, 1.54) is 0 Å². The molecular formula is C25H33NO7. The number of ether oxygens (including phenoxy) is 3. The summed E-state index contributed by atoms with van der Waals surface area (Å²) >= 11 is 0. The lowest BCUT2D eigenvalue weighted by molar-refractivity contribution is -0.231. The molecule has 0 bridgehead atoms. The minimum Gasteiger partial charge on any atom is -0.487 e. The smallest absolute Gasteiger partial charge is 0.316 e. The molecule has 1 N–H and O–H groups in total. The molecule has 4 rings (SSSR count). The van der Waals surface area contributed by atoms with Gasteiger partial charge in [-0.15, -0.1) is 0 Å². The summed E-state index contributed by atoms with van der Waals surface area (Å²) in [7, 11) is 0. The number of esters is 1. The zero-order valence-corrected chi connectivity index (χ0v) is 19.5. The highest BCUT2D eigenvalue weighted by molar-refractivity contribution is 5.82. The number of carbonyl (C=O) groups is 3. The fourth-order valence-corrected chi connectivity index (χ4v) is 5.62. The highest BCUT2D eigenvalue weighted by Crippen LogP contribution is 2.57. The first kappa shape index (κ1) is 23.5. The lowest BCUT2D eigenvalue weighted by Crippen LogP contribution is -2.64. The van der Waals surface area contributed by atoms with Crippen LogP contribution in [0.25, 0.3) is 0 Å². The molecule has 1 aromatic rings. The molecule has 33 heavy (non-hydrogen) atoms. The lowest BCUT2D eigenvalue weighted by atomic mass is 9.63. The minimum absolute atomic E-state index is 0.0526. The summed E-state index contributed by atoms with van der Waals surface area (Å²) in [5.41, 5.74) is -0.561. The van der Waals surface area contributed by atoms with Gasteiger partial charge in [-0.05, 0) is 46.1 Å². The molecule has 3 aliphatic rings. The zero-order chi connectivity index (χ0) is 23.8. The number of likely N-dealkylation sites (tertiary alicyclic amines) is 1. The van der Waals surface area contributed by atoms with Gasteiger partial charge in [-0.3, -0.25) is 14.4 Å². The quantitative estimate of drug-likeness (QED) is 0.651. The van der Waals surface area contributed by atoms with Gasteiger partial charge in [0.05, 0.1) is 18.8 Å². The zero-order valence-electron chi connectivity index (χ0n) is 19.5. The van der Waals surface area contributed by atoms with E-state index in [1.807, 2.05) is 38.1 Å². The highest BCUT2D eigenvalue weighted by Gasteiger charge is 2.61. The Labute approximate surface area is 194 Å². The van der Waals surface area contributed by atoms with Gasteiger partial charge >= 0.3 is 11.9 Å². The summed E-state index contributed by atoms with van der Waals surface area (Å²) in [6.45, 7) is 6.73. The number of hydrogen-bond acceptors (Lipinski definition) is 6. The molecule has 0 unspecified atom stereocenters. The Balaban J connectivity index is 1.63. The number of hydrogen-bond donors (Lipinski definition) is 1. The van der Waals surface area contributed by atoms with Crippen molar-refractivity contribution in [3.8, 4) is 5.75 Å². The summed E-state index contributed by atoms with van der Waals surface area (Å²) in [6, 6.07) is 7.87. The van der Waals surface area contributed by atoms with Crippen molar-refractivity contribution in [2.24, 2.45) is 11.3 Å². The maximum absolute atomic E-state index is 13.4. The molecule has 4 atom stereocenters. The van der Waals surface area contributed by atoms with E-state index >= 15 is 0 Å². The van der Waals surface area contributed by atoms with E-state index in [0.717, 1.165) is 11.3 Å². The van der Waals surface area contributed by atoms with E-state index in [2.05, 4.69) is 0 Å². The van der Waals surface area contributed by atoms with E-state index < -0.39 is 17.0 Å². The van der Waals surface area contributed by atoms with Gasteiger partial charge in [0.2, 0.25) is 5.91 Å². The van der Waals surface area contributed by atoms with Gasteiger partial charge in [0.25, 0.3) is 0 Å². The van der Waals surface area contributed by atoms with E-state index in [-0.39, 0.29) is 62.4 Å². The highest BCUT2D eigenvalue weighted by atomic mass is 16.5. The first-order valence-electron chi connectivity index (χ1n) is 11.8. The molecule has 180 valence electrons. The molecule has 8 nitrogen and oxygen atoms in total. The standard InChI is InChI=1S/C25H33NO7/c1-4-31-23(30)25-14-17-22(16-8-5-6-9-18(16)33-24(17,2)3)32-19(25)12-13-26(15-25)20(27)10-7-11-21(28)29/h5-6,8-9,17,19,22H,4,7,10-15H2,1-3H3,(H,28,29)/t17-,19-,22+,25-/m1/s1. The number of carbonyl (C=O) groups excluding carboxylic acids is 2.